The molecule has 3 aliphatic heterocycles. The fourth-order valence-electron chi connectivity index (χ4n) is 6.71. The molecule has 0 aromatic heterocycles. The predicted octanol–water partition coefficient (Wildman–Crippen LogP) is 2.39. The highest BCUT2D eigenvalue weighted by Crippen LogP contribution is 2.37. The van der Waals surface area contributed by atoms with Crippen LogP contribution in [0.25, 0.3) is 0 Å². The van der Waals surface area contributed by atoms with Crippen molar-refractivity contribution in [3.05, 3.63) is 0 Å². The van der Waals surface area contributed by atoms with Gasteiger partial charge in [0.2, 0.25) is 5.91 Å². The maximum absolute atomic E-state index is 14.1. The van der Waals surface area contributed by atoms with Crippen LogP contribution in [0.5, 0.6) is 0 Å². The Bertz CT molecular complexity index is 1130. The zero-order chi connectivity index (χ0) is 34.7. The van der Waals surface area contributed by atoms with Gasteiger partial charge in [0.1, 0.15) is 12.0 Å². The van der Waals surface area contributed by atoms with Gasteiger partial charge in [0.05, 0.1) is 29.9 Å². The Labute approximate surface area is 271 Å². The molecule has 46 heavy (non-hydrogen) atoms. The number of carbonyl (C=O) groups is 5. The lowest BCUT2D eigenvalue weighted by Gasteiger charge is -2.47. The number of ether oxygens (including phenoxy) is 7. The molecule has 0 spiro atoms. The molecule has 3 rings (SSSR count). The number of hydrogen-bond acceptors (Lipinski definition) is 13. The summed E-state index contributed by atoms with van der Waals surface area (Å²) in [6.45, 7) is 13.1. The van der Waals surface area contributed by atoms with Crippen molar-refractivity contribution in [1.82, 2.24) is 10.2 Å². The molecule has 0 aromatic rings. The van der Waals surface area contributed by atoms with Crippen molar-refractivity contribution in [1.29, 1.82) is 0 Å². The van der Waals surface area contributed by atoms with Crippen molar-refractivity contribution in [3.63, 3.8) is 0 Å². The Morgan fingerprint density at radius 2 is 1.65 bits per heavy atom. The monoisotopic (exact) mass is 656 g/mol. The van der Waals surface area contributed by atoms with Crippen molar-refractivity contribution in [2.24, 2.45) is 17.8 Å². The third-order valence-electron chi connectivity index (χ3n) is 9.43. The summed E-state index contributed by atoms with van der Waals surface area (Å²) in [5.74, 6) is -5.09. The Kier molecular flexibility index (Phi) is 12.6. The molecule has 0 aliphatic carbocycles. The molecule has 0 saturated carbocycles. The first-order chi connectivity index (χ1) is 21.4. The fourth-order valence-corrected chi connectivity index (χ4v) is 6.71. The highest BCUT2D eigenvalue weighted by Gasteiger charge is 2.52. The van der Waals surface area contributed by atoms with Crippen LogP contribution in [-0.2, 0) is 52.3 Å². The van der Waals surface area contributed by atoms with E-state index in [1.807, 2.05) is 25.9 Å². The molecule has 3 heterocycles. The van der Waals surface area contributed by atoms with Crippen LogP contribution in [0.4, 0.5) is 4.79 Å². The van der Waals surface area contributed by atoms with Gasteiger partial charge in [-0.05, 0) is 61.1 Å². The van der Waals surface area contributed by atoms with Crippen molar-refractivity contribution in [2.75, 3.05) is 21.2 Å². The van der Waals surface area contributed by atoms with Crippen LogP contribution in [0.2, 0.25) is 0 Å². The molecule has 13 atom stereocenters. The first-order valence-corrected chi connectivity index (χ1v) is 16.1. The van der Waals surface area contributed by atoms with Gasteiger partial charge in [0.25, 0.3) is 0 Å². The second kappa shape index (κ2) is 15.4. The van der Waals surface area contributed by atoms with Crippen LogP contribution < -0.4 is 5.32 Å². The molecule has 0 aromatic carbocycles. The van der Waals surface area contributed by atoms with Gasteiger partial charge >= 0.3 is 18.1 Å². The average molecular weight is 657 g/mol. The molecule has 3 aliphatic rings. The van der Waals surface area contributed by atoms with Crippen LogP contribution in [0.3, 0.4) is 0 Å². The van der Waals surface area contributed by atoms with Gasteiger partial charge in [0.15, 0.2) is 30.4 Å². The van der Waals surface area contributed by atoms with Crippen LogP contribution in [0, 0.1) is 17.8 Å². The third-order valence-corrected chi connectivity index (χ3v) is 9.43. The molecular formula is C32H52N2O12. The number of hydrogen-bond donors (Lipinski definition) is 1. The summed E-state index contributed by atoms with van der Waals surface area (Å²) in [4.78, 5) is 67.3. The van der Waals surface area contributed by atoms with Gasteiger partial charge in [-0.25, -0.2) is 4.79 Å². The third kappa shape index (κ3) is 8.36. The van der Waals surface area contributed by atoms with Gasteiger partial charge in [-0.2, -0.15) is 0 Å². The number of esters is 2. The minimum atomic E-state index is -1.28. The summed E-state index contributed by atoms with van der Waals surface area (Å²) >= 11 is 0. The number of rotatable bonds is 6. The quantitative estimate of drug-likeness (QED) is 0.252. The summed E-state index contributed by atoms with van der Waals surface area (Å²) < 4.78 is 41.1. The summed E-state index contributed by atoms with van der Waals surface area (Å²) in [6, 6.07) is -0.964. The van der Waals surface area contributed by atoms with E-state index in [0.717, 1.165) is 0 Å². The summed E-state index contributed by atoms with van der Waals surface area (Å²) in [5, 5.41) is 2.90. The molecule has 262 valence electrons. The van der Waals surface area contributed by atoms with Crippen molar-refractivity contribution >= 4 is 29.8 Å². The standard InChI is InChI=1S/C32H52N2O12/c1-12-22-26-24(44-31(39)45-26)19(6)33-28(37)15(2)14-32(8,40-11)27(17(4)23(36)18(5)29(38)43-22)46-30-25(42-20(7)35)21(34(9)10)13-16(3)41-30/h15-19,21-22,24-27,30H,12-14H2,1-11H3,(H,33,37)/t15-,16-,17+,18-,19-,21-,22-,24+,25-,26-,27-,30+,32-/m1/s1. The molecule has 0 radical (unpaired) electrons. The van der Waals surface area contributed by atoms with Gasteiger partial charge in [0, 0.05) is 25.9 Å². The van der Waals surface area contributed by atoms with E-state index in [-0.39, 0.29) is 30.9 Å². The SMILES string of the molecule is CC[C@H]1OC(=O)[C@H](C)C(=O)[C@H](C)[C@@H](O[C@@H]2O[C@H](C)C[C@@H](N(C)C)[C@H]2OC(C)=O)[C@](C)(OC)C[C@@H](C)C(=O)N[C@H](C)[C@@H]2OC(=O)O[C@@H]21. The van der Waals surface area contributed by atoms with E-state index in [1.165, 1.54) is 21.0 Å². The maximum Gasteiger partial charge on any atom is 0.509 e. The highest BCUT2D eigenvalue weighted by molar-refractivity contribution is 6.00. The Morgan fingerprint density at radius 1 is 1.02 bits per heavy atom. The molecule has 0 bridgehead atoms. The Hall–Kier alpha value is -2.81. The maximum atomic E-state index is 14.1. The Morgan fingerprint density at radius 3 is 2.22 bits per heavy atom. The number of nitrogens with one attached hydrogen (secondary N) is 1. The van der Waals surface area contributed by atoms with Gasteiger partial charge < -0.3 is 43.4 Å². The largest absolute Gasteiger partial charge is 0.509 e. The molecule has 1 N–H and O–H groups in total. The van der Waals surface area contributed by atoms with E-state index in [2.05, 4.69) is 5.32 Å². The molecule has 3 saturated heterocycles. The van der Waals surface area contributed by atoms with Crippen molar-refractivity contribution in [2.45, 2.75) is 135 Å². The summed E-state index contributed by atoms with van der Waals surface area (Å²) in [5.41, 5.74) is -1.28. The number of cyclic esters (lactones) is 1. The minimum absolute atomic E-state index is 0.0861. The van der Waals surface area contributed by atoms with E-state index >= 15 is 0 Å². The van der Waals surface area contributed by atoms with E-state index in [0.29, 0.717) is 6.42 Å². The fraction of sp³-hybridized carbons (Fsp3) is 0.844. The number of ketones is 1. The van der Waals surface area contributed by atoms with Crippen LogP contribution >= 0.6 is 0 Å². The lowest BCUT2D eigenvalue weighted by atomic mass is 9.78. The molecule has 3 fully saturated rings. The van der Waals surface area contributed by atoms with Crippen LogP contribution in [0.1, 0.15) is 74.7 Å². The molecular weight excluding hydrogens is 604 g/mol. The molecule has 1 amide bonds. The number of likely N-dealkylation sites (N-methyl/N-ethyl adjacent to an activating group) is 1. The topological polar surface area (TPSA) is 165 Å². The van der Waals surface area contributed by atoms with E-state index in [9.17, 15) is 24.0 Å². The summed E-state index contributed by atoms with van der Waals surface area (Å²) in [7, 11) is 5.18. The van der Waals surface area contributed by atoms with Crippen molar-refractivity contribution in [3.8, 4) is 0 Å². The second-order valence-electron chi connectivity index (χ2n) is 13.3. The summed E-state index contributed by atoms with van der Waals surface area (Å²) in [6.07, 6.45) is -6.20. The first kappa shape index (κ1) is 37.6. The van der Waals surface area contributed by atoms with Crippen LogP contribution in [0.15, 0.2) is 0 Å². The minimum Gasteiger partial charge on any atom is -0.458 e. The normalized spacial score (nSPS) is 41.3. The van der Waals surface area contributed by atoms with E-state index in [4.69, 9.17) is 33.2 Å². The van der Waals surface area contributed by atoms with Gasteiger partial charge in [-0.3, -0.25) is 19.2 Å². The number of carbonyl (C=O) groups excluding carboxylic acids is 5. The number of amides is 1. The molecule has 14 nitrogen and oxygen atoms in total. The number of Topliss-reactive ketones (excluding diaryl/α,β-unsaturated/α-hetero) is 1. The van der Waals surface area contributed by atoms with Gasteiger partial charge in [-0.1, -0.05) is 20.8 Å². The van der Waals surface area contributed by atoms with E-state index in [1.54, 1.807) is 34.6 Å². The van der Waals surface area contributed by atoms with Crippen LogP contribution in [-0.4, -0.2) is 116 Å². The first-order valence-electron chi connectivity index (χ1n) is 16.1. The molecule has 0 unspecified atom stereocenters. The van der Waals surface area contributed by atoms with E-state index < -0.39 is 90.1 Å². The number of methoxy groups -OCH3 is 1. The smallest absolute Gasteiger partial charge is 0.458 e. The number of fused-ring (bicyclic) bond motifs is 1. The second-order valence-corrected chi connectivity index (χ2v) is 13.3. The number of nitrogens with zero attached hydrogens (tertiary/aromatic N) is 1. The lowest BCUT2D eigenvalue weighted by Crippen LogP contribution is -2.60. The Balaban J connectivity index is 2.08. The average Bonchev–Trinajstić information content (AvgIpc) is 3.38. The zero-order valence-electron chi connectivity index (χ0n) is 28.9. The van der Waals surface area contributed by atoms with Gasteiger partial charge in [-0.15, -0.1) is 0 Å². The zero-order valence-corrected chi connectivity index (χ0v) is 28.9. The highest BCUT2D eigenvalue weighted by atomic mass is 16.8. The predicted molar refractivity (Wildman–Crippen MR) is 162 cm³/mol. The van der Waals surface area contributed by atoms with Crippen molar-refractivity contribution < 1.29 is 57.1 Å². The lowest BCUT2D eigenvalue weighted by molar-refractivity contribution is -0.298. The molecule has 14 heteroatoms.